The van der Waals surface area contributed by atoms with Crippen molar-refractivity contribution in [3.63, 3.8) is 0 Å². The molecular formula is C13H11F3O3. The Balaban J connectivity index is 2.40. The Kier molecular flexibility index (Phi) is 3.53. The van der Waals surface area contributed by atoms with Gasteiger partial charge in [-0.3, -0.25) is 0 Å². The lowest BCUT2D eigenvalue weighted by atomic mass is 10.1. The molecule has 102 valence electrons. The number of alkyl halides is 3. The maximum Gasteiger partial charge on any atom is 0.573 e. The van der Waals surface area contributed by atoms with Gasteiger partial charge in [-0.25, -0.2) is 0 Å². The van der Waals surface area contributed by atoms with E-state index in [-0.39, 0.29) is 5.56 Å². The van der Waals surface area contributed by atoms with Gasteiger partial charge in [0.1, 0.15) is 17.3 Å². The standard InChI is InChI=1S/C13H11F3O3/c1-8-2-5-11(18-8)9-3-4-10(7-17)12(6-9)19-13(14,15)16/h2-6,17H,7H2,1H3. The second-order valence-corrected chi connectivity index (χ2v) is 3.94. The molecule has 0 unspecified atom stereocenters. The Labute approximate surface area is 107 Å². The third-order valence-corrected chi connectivity index (χ3v) is 2.49. The number of aryl methyl sites for hydroxylation is 1. The van der Waals surface area contributed by atoms with Gasteiger partial charge in [0.25, 0.3) is 0 Å². The van der Waals surface area contributed by atoms with Crippen molar-refractivity contribution in [2.75, 3.05) is 0 Å². The van der Waals surface area contributed by atoms with Crippen molar-refractivity contribution in [2.24, 2.45) is 0 Å². The van der Waals surface area contributed by atoms with E-state index in [9.17, 15) is 13.2 Å². The summed E-state index contributed by atoms with van der Waals surface area (Å²) in [5.41, 5.74) is 0.508. The summed E-state index contributed by atoms with van der Waals surface area (Å²) in [5.74, 6) is 0.662. The summed E-state index contributed by atoms with van der Waals surface area (Å²) in [4.78, 5) is 0. The molecule has 0 fully saturated rings. The molecule has 6 heteroatoms. The second kappa shape index (κ2) is 4.97. The van der Waals surface area contributed by atoms with Crippen LogP contribution in [-0.2, 0) is 6.61 Å². The predicted octanol–water partition coefficient (Wildman–Crippen LogP) is 3.65. The minimum atomic E-state index is -4.80. The summed E-state index contributed by atoms with van der Waals surface area (Å²) in [6, 6.07) is 7.48. The van der Waals surface area contributed by atoms with Crippen LogP contribution in [0.3, 0.4) is 0 Å². The van der Waals surface area contributed by atoms with Crippen LogP contribution in [-0.4, -0.2) is 11.5 Å². The van der Waals surface area contributed by atoms with Crippen LogP contribution in [0, 0.1) is 6.92 Å². The van der Waals surface area contributed by atoms with E-state index in [4.69, 9.17) is 9.52 Å². The highest BCUT2D eigenvalue weighted by Gasteiger charge is 2.32. The summed E-state index contributed by atoms with van der Waals surface area (Å²) < 4.78 is 46.0. The molecule has 1 aromatic heterocycles. The van der Waals surface area contributed by atoms with Crippen molar-refractivity contribution < 1.29 is 27.4 Å². The van der Waals surface area contributed by atoms with E-state index in [1.54, 1.807) is 25.1 Å². The molecule has 0 saturated carbocycles. The zero-order valence-corrected chi connectivity index (χ0v) is 9.99. The fourth-order valence-electron chi connectivity index (χ4n) is 1.65. The number of benzene rings is 1. The highest BCUT2D eigenvalue weighted by atomic mass is 19.4. The van der Waals surface area contributed by atoms with Crippen molar-refractivity contribution in [3.8, 4) is 17.1 Å². The Bertz CT molecular complexity index is 573. The molecule has 1 N–H and O–H groups in total. The second-order valence-electron chi connectivity index (χ2n) is 3.94. The third kappa shape index (κ3) is 3.29. The van der Waals surface area contributed by atoms with Crippen molar-refractivity contribution in [2.45, 2.75) is 19.9 Å². The smallest absolute Gasteiger partial charge is 0.461 e. The van der Waals surface area contributed by atoms with Crippen LogP contribution >= 0.6 is 0 Å². The number of furan rings is 1. The minimum Gasteiger partial charge on any atom is -0.461 e. The number of aliphatic hydroxyl groups is 1. The van der Waals surface area contributed by atoms with Gasteiger partial charge in [-0.15, -0.1) is 13.2 Å². The number of aliphatic hydroxyl groups excluding tert-OH is 1. The summed E-state index contributed by atoms with van der Waals surface area (Å²) in [5, 5.41) is 9.01. The zero-order valence-electron chi connectivity index (χ0n) is 9.99. The first-order valence-corrected chi connectivity index (χ1v) is 5.45. The van der Waals surface area contributed by atoms with Gasteiger partial charge >= 0.3 is 6.36 Å². The van der Waals surface area contributed by atoms with E-state index in [1.807, 2.05) is 0 Å². The van der Waals surface area contributed by atoms with Gasteiger partial charge in [0.05, 0.1) is 6.61 Å². The lowest BCUT2D eigenvalue weighted by Crippen LogP contribution is -2.18. The monoisotopic (exact) mass is 272 g/mol. The molecule has 3 nitrogen and oxygen atoms in total. The van der Waals surface area contributed by atoms with Gasteiger partial charge in [-0.1, -0.05) is 12.1 Å². The van der Waals surface area contributed by atoms with E-state index in [0.717, 1.165) is 0 Å². The van der Waals surface area contributed by atoms with E-state index in [0.29, 0.717) is 17.1 Å². The number of rotatable bonds is 3. The Morgan fingerprint density at radius 1 is 1.21 bits per heavy atom. The van der Waals surface area contributed by atoms with Crippen LogP contribution in [0.15, 0.2) is 34.7 Å². The number of hydrogen-bond donors (Lipinski definition) is 1. The Morgan fingerprint density at radius 3 is 2.47 bits per heavy atom. The maximum absolute atomic E-state index is 12.3. The highest BCUT2D eigenvalue weighted by molar-refractivity contribution is 5.61. The first-order valence-electron chi connectivity index (χ1n) is 5.45. The largest absolute Gasteiger partial charge is 0.573 e. The van der Waals surface area contributed by atoms with E-state index < -0.39 is 18.7 Å². The molecule has 1 aromatic carbocycles. The fourth-order valence-corrected chi connectivity index (χ4v) is 1.65. The zero-order chi connectivity index (χ0) is 14.0. The van der Waals surface area contributed by atoms with Crippen LogP contribution in [0.25, 0.3) is 11.3 Å². The van der Waals surface area contributed by atoms with E-state index in [2.05, 4.69) is 4.74 Å². The highest BCUT2D eigenvalue weighted by Crippen LogP contribution is 2.32. The van der Waals surface area contributed by atoms with Crippen LogP contribution in [0.5, 0.6) is 5.75 Å². The molecular weight excluding hydrogens is 261 g/mol. The van der Waals surface area contributed by atoms with Gasteiger partial charge < -0.3 is 14.3 Å². The van der Waals surface area contributed by atoms with Crippen LogP contribution in [0.4, 0.5) is 13.2 Å². The quantitative estimate of drug-likeness (QED) is 0.927. The number of halogens is 3. The van der Waals surface area contributed by atoms with Gasteiger partial charge in [0.2, 0.25) is 0 Å². The third-order valence-electron chi connectivity index (χ3n) is 2.49. The summed E-state index contributed by atoms with van der Waals surface area (Å²) in [7, 11) is 0. The average Bonchev–Trinajstić information content (AvgIpc) is 2.74. The lowest BCUT2D eigenvalue weighted by Gasteiger charge is -2.13. The number of hydrogen-bond acceptors (Lipinski definition) is 3. The minimum absolute atomic E-state index is 0.0596. The van der Waals surface area contributed by atoms with Crippen LogP contribution < -0.4 is 4.74 Å². The predicted molar refractivity (Wildman–Crippen MR) is 61.5 cm³/mol. The molecule has 0 amide bonds. The van der Waals surface area contributed by atoms with Crippen molar-refractivity contribution in [1.82, 2.24) is 0 Å². The molecule has 2 rings (SSSR count). The molecule has 0 aliphatic carbocycles. The molecule has 19 heavy (non-hydrogen) atoms. The molecule has 0 spiro atoms. The SMILES string of the molecule is Cc1ccc(-c2ccc(CO)c(OC(F)(F)F)c2)o1. The first-order chi connectivity index (χ1) is 8.89. The topological polar surface area (TPSA) is 42.6 Å². The Morgan fingerprint density at radius 2 is 1.95 bits per heavy atom. The Hall–Kier alpha value is -1.95. The summed E-state index contributed by atoms with van der Waals surface area (Å²) in [6.07, 6.45) is -4.80. The molecule has 1 heterocycles. The van der Waals surface area contributed by atoms with Crippen molar-refractivity contribution in [1.29, 1.82) is 0 Å². The molecule has 0 aliphatic rings. The van der Waals surface area contributed by atoms with Crippen molar-refractivity contribution in [3.05, 3.63) is 41.7 Å². The first kappa shape index (κ1) is 13.5. The number of ether oxygens (including phenoxy) is 1. The van der Waals surface area contributed by atoms with Gasteiger partial charge in [-0.2, -0.15) is 0 Å². The van der Waals surface area contributed by atoms with Crippen LogP contribution in [0.1, 0.15) is 11.3 Å². The van der Waals surface area contributed by atoms with Gasteiger partial charge in [0.15, 0.2) is 0 Å². The van der Waals surface area contributed by atoms with Gasteiger partial charge in [-0.05, 0) is 25.1 Å². The average molecular weight is 272 g/mol. The maximum atomic E-state index is 12.3. The summed E-state index contributed by atoms with van der Waals surface area (Å²) >= 11 is 0. The van der Waals surface area contributed by atoms with E-state index in [1.165, 1.54) is 12.1 Å². The normalized spacial score (nSPS) is 11.6. The molecule has 2 aromatic rings. The molecule has 0 aliphatic heterocycles. The van der Waals surface area contributed by atoms with Crippen LogP contribution in [0.2, 0.25) is 0 Å². The molecule has 0 radical (unpaired) electrons. The van der Waals surface area contributed by atoms with Gasteiger partial charge in [0, 0.05) is 11.1 Å². The van der Waals surface area contributed by atoms with Crippen molar-refractivity contribution >= 4 is 0 Å². The fraction of sp³-hybridized carbons (Fsp3) is 0.231. The van der Waals surface area contributed by atoms with E-state index >= 15 is 0 Å². The molecule has 0 atom stereocenters. The molecule has 0 saturated heterocycles. The lowest BCUT2D eigenvalue weighted by molar-refractivity contribution is -0.275. The molecule has 0 bridgehead atoms. The summed E-state index contributed by atoms with van der Waals surface area (Å²) in [6.45, 7) is 1.20.